The molecule has 0 amide bonds. The molecule has 0 saturated heterocycles. The van der Waals surface area contributed by atoms with E-state index in [9.17, 15) is 9.90 Å². The lowest BCUT2D eigenvalue weighted by Gasteiger charge is -1.96. The number of phenolic OH excluding ortho intramolecular Hbond substituents is 1. The summed E-state index contributed by atoms with van der Waals surface area (Å²) in [5.41, 5.74) is 1.16. The van der Waals surface area contributed by atoms with Crippen molar-refractivity contribution in [1.29, 1.82) is 0 Å². The van der Waals surface area contributed by atoms with E-state index in [4.69, 9.17) is 5.11 Å². The second kappa shape index (κ2) is 2.98. The van der Waals surface area contributed by atoms with Crippen LogP contribution in [0.1, 0.15) is 24.5 Å². The van der Waals surface area contributed by atoms with Gasteiger partial charge in [-0.3, -0.25) is 0 Å². The minimum Gasteiger partial charge on any atom is -0.507 e. The second-order valence-electron chi connectivity index (χ2n) is 4.03. The zero-order chi connectivity index (χ0) is 11.3. The smallest absolute Gasteiger partial charge is 0.432 e. The highest BCUT2D eigenvalue weighted by atomic mass is 16.4. The molecule has 0 atom stereocenters. The van der Waals surface area contributed by atoms with Crippen molar-refractivity contribution in [3.05, 3.63) is 23.9 Å². The first-order chi connectivity index (χ1) is 7.68. The van der Waals surface area contributed by atoms with Crippen molar-refractivity contribution in [2.24, 2.45) is 0 Å². The molecular weight excluding hydrogens is 208 g/mol. The Labute approximate surface area is 90.9 Å². The number of benzene rings is 1. The van der Waals surface area contributed by atoms with E-state index < -0.39 is 6.09 Å². The monoisotopic (exact) mass is 218 g/mol. The molecule has 1 heterocycles. The van der Waals surface area contributed by atoms with Crippen molar-refractivity contribution < 1.29 is 15.0 Å². The number of hydrogen-bond donors (Lipinski definition) is 2. The van der Waals surface area contributed by atoms with E-state index in [0.29, 0.717) is 22.5 Å². The molecule has 5 heteroatoms. The molecule has 1 aliphatic carbocycles. The molecule has 1 aromatic heterocycles. The Morgan fingerprint density at radius 3 is 2.81 bits per heavy atom. The third-order valence-electron chi connectivity index (χ3n) is 2.86. The van der Waals surface area contributed by atoms with Gasteiger partial charge < -0.3 is 10.2 Å². The fourth-order valence-corrected chi connectivity index (χ4v) is 1.97. The lowest BCUT2D eigenvalue weighted by atomic mass is 10.1. The summed E-state index contributed by atoms with van der Waals surface area (Å²) in [6.45, 7) is 0. The summed E-state index contributed by atoms with van der Waals surface area (Å²) in [5, 5.41) is 23.4. The molecule has 2 aromatic rings. The molecule has 0 spiro atoms. The number of carbonyl (C=O) groups is 1. The highest BCUT2D eigenvalue weighted by molar-refractivity contribution is 5.93. The predicted molar refractivity (Wildman–Crippen MR) is 56.8 cm³/mol. The average molecular weight is 218 g/mol. The lowest BCUT2D eigenvalue weighted by molar-refractivity contribution is 0.194. The van der Waals surface area contributed by atoms with Crippen LogP contribution in [0.4, 0.5) is 4.79 Å². The zero-order valence-electron chi connectivity index (χ0n) is 8.42. The van der Waals surface area contributed by atoms with Gasteiger partial charge in [-0.25, -0.2) is 4.79 Å². The van der Waals surface area contributed by atoms with Crippen molar-refractivity contribution in [3.63, 3.8) is 0 Å². The number of carboxylic acid groups (broad SMARTS) is 1. The van der Waals surface area contributed by atoms with Gasteiger partial charge in [-0.2, -0.15) is 9.78 Å². The van der Waals surface area contributed by atoms with Crippen LogP contribution >= 0.6 is 0 Å². The van der Waals surface area contributed by atoms with Gasteiger partial charge in [-0.1, -0.05) is 6.07 Å². The second-order valence-corrected chi connectivity index (χ2v) is 4.03. The van der Waals surface area contributed by atoms with Crippen molar-refractivity contribution in [3.8, 4) is 5.75 Å². The summed E-state index contributed by atoms with van der Waals surface area (Å²) in [5.74, 6) is 0.406. The van der Waals surface area contributed by atoms with E-state index in [0.717, 1.165) is 17.5 Å². The molecule has 16 heavy (non-hydrogen) atoms. The molecule has 1 aromatic carbocycles. The topological polar surface area (TPSA) is 75.3 Å². The SMILES string of the molecule is O=C(O)n1nc(C2CC2)c2c(O)cccc21. The van der Waals surface area contributed by atoms with Gasteiger partial charge >= 0.3 is 6.09 Å². The summed E-state index contributed by atoms with van der Waals surface area (Å²) in [7, 11) is 0. The van der Waals surface area contributed by atoms with Crippen LogP contribution in [0.5, 0.6) is 5.75 Å². The Morgan fingerprint density at radius 1 is 1.44 bits per heavy atom. The van der Waals surface area contributed by atoms with Crippen molar-refractivity contribution >= 4 is 17.0 Å². The van der Waals surface area contributed by atoms with Crippen LogP contribution in [-0.4, -0.2) is 26.1 Å². The highest BCUT2D eigenvalue weighted by Gasteiger charge is 2.31. The fourth-order valence-electron chi connectivity index (χ4n) is 1.97. The quantitative estimate of drug-likeness (QED) is 0.768. The van der Waals surface area contributed by atoms with Crippen LogP contribution in [-0.2, 0) is 0 Å². The number of phenols is 1. The van der Waals surface area contributed by atoms with Crippen LogP contribution in [0.25, 0.3) is 10.9 Å². The molecule has 0 radical (unpaired) electrons. The molecule has 82 valence electrons. The molecule has 1 fully saturated rings. The molecule has 2 N–H and O–H groups in total. The van der Waals surface area contributed by atoms with Gasteiger partial charge in [0, 0.05) is 5.92 Å². The first-order valence-corrected chi connectivity index (χ1v) is 5.12. The Morgan fingerprint density at radius 2 is 2.19 bits per heavy atom. The Hall–Kier alpha value is -2.04. The molecule has 1 aliphatic rings. The first kappa shape index (κ1) is 9.21. The van der Waals surface area contributed by atoms with E-state index in [-0.39, 0.29) is 5.75 Å². The van der Waals surface area contributed by atoms with E-state index in [1.54, 1.807) is 18.2 Å². The summed E-state index contributed by atoms with van der Waals surface area (Å²) in [4.78, 5) is 11.0. The first-order valence-electron chi connectivity index (χ1n) is 5.12. The number of hydrogen-bond acceptors (Lipinski definition) is 3. The lowest BCUT2D eigenvalue weighted by Crippen LogP contribution is -2.09. The molecule has 0 bridgehead atoms. The maximum Gasteiger partial charge on any atom is 0.432 e. The standard InChI is InChI=1S/C11H10N2O3/c14-8-3-1-2-7-9(8)10(6-4-5-6)12-13(7)11(15)16/h1-3,6,14H,4-5H2,(H,15,16). The van der Waals surface area contributed by atoms with E-state index in [1.165, 1.54) is 0 Å². The number of nitrogens with zero attached hydrogens (tertiary/aromatic N) is 2. The van der Waals surface area contributed by atoms with Crippen molar-refractivity contribution in [1.82, 2.24) is 9.78 Å². The Balaban J connectivity index is 2.37. The van der Waals surface area contributed by atoms with Crippen LogP contribution in [0, 0.1) is 0 Å². The molecule has 3 rings (SSSR count). The van der Waals surface area contributed by atoms with Crippen molar-refractivity contribution in [2.45, 2.75) is 18.8 Å². The van der Waals surface area contributed by atoms with Crippen LogP contribution in [0.15, 0.2) is 18.2 Å². The normalized spacial score (nSPS) is 15.5. The molecule has 5 nitrogen and oxygen atoms in total. The predicted octanol–water partition coefficient (Wildman–Crippen LogP) is 2.15. The van der Waals surface area contributed by atoms with E-state index in [1.807, 2.05) is 0 Å². The highest BCUT2D eigenvalue weighted by Crippen LogP contribution is 2.44. The third kappa shape index (κ3) is 1.18. The van der Waals surface area contributed by atoms with Gasteiger partial charge in [0.25, 0.3) is 0 Å². The Bertz CT molecular complexity index is 584. The number of aromatic hydroxyl groups is 1. The summed E-state index contributed by atoms with van der Waals surface area (Å²) in [6, 6.07) is 4.83. The number of rotatable bonds is 1. The molecule has 1 saturated carbocycles. The molecule has 0 unspecified atom stereocenters. The summed E-state index contributed by atoms with van der Waals surface area (Å²) in [6.07, 6.45) is 0.905. The van der Waals surface area contributed by atoms with Gasteiger partial charge in [0.05, 0.1) is 16.6 Å². The zero-order valence-corrected chi connectivity index (χ0v) is 8.42. The van der Waals surface area contributed by atoms with Gasteiger partial charge in [0.15, 0.2) is 0 Å². The maximum absolute atomic E-state index is 11.0. The number of aromatic nitrogens is 2. The molecular formula is C11H10N2O3. The largest absolute Gasteiger partial charge is 0.507 e. The minimum atomic E-state index is -1.12. The Kier molecular flexibility index (Phi) is 1.71. The van der Waals surface area contributed by atoms with Crippen LogP contribution < -0.4 is 0 Å². The van der Waals surface area contributed by atoms with Crippen molar-refractivity contribution in [2.75, 3.05) is 0 Å². The number of fused-ring (bicyclic) bond motifs is 1. The maximum atomic E-state index is 11.0. The van der Waals surface area contributed by atoms with Gasteiger partial charge in [-0.15, -0.1) is 0 Å². The summed E-state index contributed by atoms with van der Waals surface area (Å²) >= 11 is 0. The van der Waals surface area contributed by atoms with Gasteiger partial charge in [0.1, 0.15) is 5.75 Å². The van der Waals surface area contributed by atoms with Gasteiger partial charge in [-0.05, 0) is 25.0 Å². The minimum absolute atomic E-state index is 0.104. The molecule has 0 aliphatic heterocycles. The fraction of sp³-hybridized carbons (Fsp3) is 0.273. The summed E-state index contributed by atoms with van der Waals surface area (Å²) < 4.78 is 0.933. The van der Waals surface area contributed by atoms with Crippen LogP contribution in [0.3, 0.4) is 0 Å². The third-order valence-corrected chi connectivity index (χ3v) is 2.86. The van der Waals surface area contributed by atoms with Crippen LogP contribution in [0.2, 0.25) is 0 Å². The average Bonchev–Trinajstić information content (AvgIpc) is 2.99. The van der Waals surface area contributed by atoms with E-state index >= 15 is 0 Å². The van der Waals surface area contributed by atoms with E-state index in [2.05, 4.69) is 5.10 Å². The van der Waals surface area contributed by atoms with Gasteiger partial charge in [0.2, 0.25) is 0 Å².